The predicted molar refractivity (Wildman–Crippen MR) is 65.0 cm³/mol. The van der Waals surface area contributed by atoms with E-state index in [0.717, 1.165) is 11.1 Å². The number of hydrogen-bond donors (Lipinski definition) is 1. The maximum Gasteiger partial charge on any atom is 0.183 e. The monoisotopic (exact) mass is 231 g/mol. The van der Waals surface area contributed by atoms with Crippen molar-refractivity contribution in [2.24, 2.45) is 0 Å². The molecule has 0 aliphatic carbocycles. The Balaban J connectivity index is 2.54. The zero-order chi connectivity index (χ0) is 12.3. The van der Waals surface area contributed by atoms with E-state index in [0.29, 0.717) is 17.2 Å². The lowest BCUT2D eigenvalue weighted by Crippen LogP contribution is -1.97. The minimum atomic E-state index is 0.519. The molecule has 5 nitrogen and oxygen atoms in total. The van der Waals surface area contributed by atoms with Crippen LogP contribution in [0, 0.1) is 0 Å². The first-order valence-corrected chi connectivity index (χ1v) is 5.03. The highest BCUT2D eigenvalue weighted by atomic mass is 16.5. The van der Waals surface area contributed by atoms with Gasteiger partial charge < -0.3 is 15.2 Å². The van der Waals surface area contributed by atoms with Crippen LogP contribution in [0.1, 0.15) is 0 Å². The Kier molecular flexibility index (Phi) is 3.09. The number of methoxy groups -OCH3 is 2. The molecule has 0 atom stereocenters. The summed E-state index contributed by atoms with van der Waals surface area (Å²) in [6.07, 6.45) is 4.91. The molecule has 0 fully saturated rings. The number of rotatable bonds is 3. The number of ether oxygens (including phenoxy) is 2. The molecular formula is C12H13N3O2. The molecular weight excluding hydrogens is 218 g/mol. The smallest absolute Gasteiger partial charge is 0.183 e. The zero-order valence-corrected chi connectivity index (χ0v) is 9.68. The average molecular weight is 231 g/mol. The van der Waals surface area contributed by atoms with Crippen molar-refractivity contribution in [1.29, 1.82) is 0 Å². The SMILES string of the molecule is COc1cc(-c2cncnc2)cc(N)c1OC. The van der Waals surface area contributed by atoms with Crippen LogP contribution in [0.5, 0.6) is 11.5 Å². The van der Waals surface area contributed by atoms with E-state index in [1.807, 2.05) is 6.07 Å². The van der Waals surface area contributed by atoms with Gasteiger partial charge in [-0.05, 0) is 17.7 Å². The van der Waals surface area contributed by atoms with Gasteiger partial charge in [-0.3, -0.25) is 0 Å². The van der Waals surface area contributed by atoms with Crippen LogP contribution in [0.3, 0.4) is 0 Å². The molecule has 0 amide bonds. The molecule has 0 radical (unpaired) electrons. The van der Waals surface area contributed by atoms with E-state index in [1.54, 1.807) is 32.7 Å². The van der Waals surface area contributed by atoms with Crippen molar-refractivity contribution in [2.45, 2.75) is 0 Å². The van der Waals surface area contributed by atoms with E-state index in [-0.39, 0.29) is 0 Å². The van der Waals surface area contributed by atoms with E-state index in [1.165, 1.54) is 6.33 Å². The minimum absolute atomic E-state index is 0.519. The molecule has 1 aromatic heterocycles. The van der Waals surface area contributed by atoms with Gasteiger partial charge in [0, 0.05) is 18.0 Å². The fourth-order valence-electron chi connectivity index (χ4n) is 1.61. The van der Waals surface area contributed by atoms with Crippen molar-refractivity contribution in [3.8, 4) is 22.6 Å². The molecule has 1 aromatic carbocycles. The number of benzene rings is 1. The summed E-state index contributed by atoms with van der Waals surface area (Å²) in [7, 11) is 3.13. The number of aromatic nitrogens is 2. The fourth-order valence-corrected chi connectivity index (χ4v) is 1.61. The Morgan fingerprint density at radius 2 is 1.71 bits per heavy atom. The summed E-state index contributed by atoms with van der Waals surface area (Å²) < 4.78 is 10.4. The van der Waals surface area contributed by atoms with Crippen LogP contribution in [0.4, 0.5) is 5.69 Å². The summed E-state index contributed by atoms with van der Waals surface area (Å²) in [5.74, 6) is 1.12. The second kappa shape index (κ2) is 4.69. The lowest BCUT2D eigenvalue weighted by Gasteiger charge is -2.12. The Hall–Kier alpha value is -2.30. The summed E-state index contributed by atoms with van der Waals surface area (Å²) in [5.41, 5.74) is 8.18. The lowest BCUT2D eigenvalue weighted by molar-refractivity contribution is 0.356. The van der Waals surface area contributed by atoms with Gasteiger partial charge in [-0.2, -0.15) is 0 Å². The second-order valence-electron chi connectivity index (χ2n) is 3.43. The third-order valence-corrected chi connectivity index (χ3v) is 2.40. The Labute approximate surface area is 99.2 Å². The first-order chi connectivity index (χ1) is 8.26. The summed E-state index contributed by atoms with van der Waals surface area (Å²) in [4.78, 5) is 7.93. The quantitative estimate of drug-likeness (QED) is 0.815. The van der Waals surface area contributed by atoms with Gasteiger partial charge in [0.05, 0.1) is 19.9 Å². The zero-order valence-electron chi connectivity index (χ0n) is 9.68. The molecule has 2 aromatic rings. The predicted octanol–water partition coefficient (Wildman–Crippen LogP) is 1.74. The van der Waals surface area contributed by atoms with Crippen LogP contribution in [0.15, 0.2) is 30.9 Å². The molecule has 0 bridgehead atoms. The molecule has 0 aliphatic heterocycles. The highest BCUT2D eigenvalue weighted by Crippen LogP contribution is 2.37. The van der Waals surface area contributed by atoms with Crippen LogP contribution in [0.2, 0.25) is 0 Å². The van der Waals surface area contributed by atoms with Crippen LogP contribution in [-0.2, 0) is 0 Å². The van der Waals surface area contributed by atoms with Gasteiger partial charge >= 0.3 is 0 Å². The molecule has 1 heterocycles. The normalized spacial score (nSPS) is 10.0. The van der Waals surface area contributed by atoms with Gasteiger partial charge in [0.25, 0.3) is 0 Å². The highest BCUT2D eigenvalue weighted by Gasteiger charge is 2.11. The largest absolute Gasteiger partial charge is 0.493 e. The Bertz CT molecular complexity index is 515. The van der Waals surface area contributed by atoms with Gasteiger partial charge in [0.15, 0.2) is 11.5 Å². The van der Waals surface area contributed by atoms with Gasteiger partial charge in [-0.25, -0.2) is 9.97 Å². The van der Waals surface area contributed by atoms with Crippen LogP contribution in [0.25, 0.3) is 11.1 Å². The topological polar surface area (TPSA) is 70.3 Å². The van der Waals surface area contributed by atoms with E-state index >= 15 is 0 Å². The van der Waals surface area contributed by atoms with Gasteiger partial charge in [-0.15, -0.1) is 0 Å². The van der Waals surface area contributed by atoms with Crippen LogP contribution >= 0.6 is 0 Å². The molecule has 0 saturated heterocycles. The summed E-state index contributed by atoms with van der Waals surface area (Å²) in [6.45, 7) is 0. The summed E-state index contributed by atoms with van der Waals surface area (Å²) in [5, 5.41) is 0. The fraction of sp³-hybridized carbons (Fsp3) is 0.167. The molecule has 88 valence electrons. The molecule has 0 saturated carbocycles. The van der Waals surface area contributed by atoms with E-state index in [4.69, 9.17) is 15.2 Å². The summed E-state index contributed by atoms with van der Waals surface area (Å²) in [6, 6.07) is 3.65. The number of anilines is 1. The molecule has 0 spiro atoms. The van der Waals surface area contributed by atoms with Crippen LogP contribution in [-0.4, -0.2) is 24.2 Å². The van der Waals surface area contributed by atoms with Gasteiger partial charge in [-0.1, -0.05) is 0 Å². The highest BCUT2D eigenvalue weighted by molar-refractivity contribution is 5.74. The Morgan fingerprint density at radius 1 is 1.00 bits per heavy atom. The molecule has 2 N–H and O–H groups in total. The third-order valence-electron chi connectivity index (χ3n) is 2.40. The number of nitrogens with two attached hydrogens (primary N) is 1. The number of nitrogen functional groups attached to an aromatic ring is 1. The minimum Gasteiger partial charge on any atom is -0.493 e. The number of nitrogens with zero attached hydrogens (tertiary/aromatic N) is 2. The van der Waals surface area contributed by atoms with Gasteiger partial charge in [0.1, 0.15) is 6.33 Å². The summed E-state index contributed by atoms with van der Waals surface area (Å²) >= 11 is 0. The second-order valence-corrected chi connectivity index (χ2v) is 3.43. The molecule has 0 aliphatic rings. The van der Waals surface area contributed by atoms with E-state index in [2.05, 4.69) is 9.97 Å². The first kappa shape index (κ1) is 11.2. The first-order valence-electron chi connectivity index (χ1n) is 5.03. The van der Waals surface area contributed by atoms with Crippen molar-refractivity contribution < 1.29 is 9.47 Å². The lowest BCUT2D eigenvalue weighted by atomic mass is 10.1. The van der Waals surface area contributed by atoms with Crippen molar-refractivity contribution in [1.82, 2.24) is 9.97 Å². The average Bonchev–Trinajstić information content (AvgIpc) is 2.38. The number of hydrogen-bond acceptors (Lipinski definition) is 5. The van der Waals surface area contributed by atoms with E-state index < -0.39 is 0 Å². The molecule has 5 heteroatoms. The van der Waals surface area contributed by atoms with Gasteiger partial charge in [0.2, 0.25) is 0 Å². The molecule has 17 heavy (non-hydrogen) atoms. The van der Waals surface area contributed by atoms with Crippen LogP contribution < -0.4 is 15.2 Å². The third kappa shape index (κ3) is 2.13. The van der Waals surface area contributed by atoms with E-state index in [9.17, 15) is 0 Å². The Morgan fingerprint density at radius 3 is 2.29 bits per heavy atom. The molecule has 0 unspecified atom stereocenters. The maximum atomic E-state index is 5.90. The maximum absolute atomic E-state index is 5.90. The van der Waals surface area contributed by atoms with Crippen molar-refractivity contribution in [3.63, 3.8) is 0 Å². The standard InChI is InChI=1S/C12H13N3O2/c1-16-11-4-8(3-10(13)12(11)17-2)9-5-14-7-15-6-9/h3-7H,13H2,1-2H3. The molecule has 2 rings (SSSR count). The van der Waals surface area contributed by atoms with Crippen molar-refractivity contribution in [3.05, 3.63) is 30.9 Å². The van der Waals surface area contributed by atoms with Crippen molar-refractivity contribution >= 4 is 5.69 Å². The van der Waals surface area contributed by atoms with Crippen molar-refractivity contribution in [2.75, 3.05) is 20.0 Å².